The van der Waals surface area contributed by atoms with Crippen LogP contribution in [0.15, 0.2) is 66.9 Å². The molecule has 0 bridgehead atoms. The van der Waals surface area contributed by atoms with Gasteiger partial charge in [-0.1, -0.05) is 30.3 Å². The Morgan fingerprint density at radius 1 is 0.773 bits per heavy atom. The summed E-state index contributed by atoms with van der Waals surface area (Å²) in [6.07, 6.45) is 1.73. The van der Waals surface area contributed by atoms with Gasteiger partial charge in [0.2, 0.25) is 0 Å². The zero-order valence-electron chi connectivity index (χ0n) is 11.6. The molecule has 0 spiro atoms. The molecule has 0 aliphatic carbocycles. The number of aromatic nitrogens is 3. The number of pyridine rings is 1. The molecule has 1 N–H and O–H groups in total. The highest BCUT2D eigenvalue weighted by Crippen LogP contribution is 2.33. The molecule has 0 aliphatic rings. The molecule has 0 atom stereocenters. The fourth-order valence-electron chi connectivity index (χ4n) is 2.60. The van der Waals surface area contributed by atoms with Crippen molar-refractivity contribution in [3.63, 3.8) is 0 Å². The van der Waals surface area contributed by atoms with E-state index in [4.69, 9.17) is 0 Å². The van der Waals surface area contributed by atoms with Gasteiger partial charge in [-0.05, 0) is 30.3 Å². The Kier molecular flexibility index (Phi) is 2.93. The molecule has 0 amide bonds. The van der Waals surface area contributed by atoms with E-state index in [2.05, 4.69) is 15.2 Å². The van der Waals surface area contributed by atoms with Crippen molar-refractivity contribution >= 4 is 10.9 Å². The van der Waals surface area contributed by atoms with Gasteiger partial charge in [0.05, 0.1) is 16.6 Å². The zero-order valence-corrected chi connectivity index (χ0v) is 11.6. The standard InChI is InChI=1S/C18H12FN3/c19-14-8-6-13(7-9-14)17-16-15(10-11-20-17)21-22-18(16)12-4-2-1-3-5-12/h1-11H,(H,21,22). The maximum atomic E-state index is 13.2. The summed E-state index contributed by atoms with van der Waals surface area (Å²) in [5, 5.41) is 8.42. The minimum Gasteiger partial charge on any atom is -0.277 e. The molecule has 0 saturated heterocycles. The van der Waals surface area contributed by atoms with Gasteiger partial charge < -0.3 is 0 Å². The van der Waals surface area contributed by atoms with E-state index in [0.29, 0.717) is 0 Å². The summed E-state index contributed by atoms with van der Waals surface area (Å²) < 4.78 is 13.2. The maximum absolute atomic E-state index is 13.2. The summed E-state index contributed by atoms with van der Waals surface area (Å²) in [5.74, 6) is -0.258. The van der Waals surface area contributed by atoms with Crippen molar-refractivity contribution in [3.05, 3.63) is 72.7 Å². The molecule has 2 aromatic heterocycles. The molecule has 106 valence electrons. The number of fused-ring (bicyclic) bond motifs is 1. The smallest absolute Gasteiger partial charge is 0.123 e. The molecule has 4 aromatic rings. The van der Waals surface area contributed by atoms with Gasteiger partial charge in [0, 0.05) is 17.3 Å². The van der Waals surface area contributed by atoms with Crippen LogP contribution in [0.3, 0.4) is 0 Å². The zero-order chi connectivity index (χ0) is 14.9. The van der Waals surface area contributed by atoms with Crippen LogP contribution >= 0.6 is 0 Å². The Bertz CT molecular complexity index is 928. The van der Waals surface area contributed by atoms with Crippen LogP contribution in [0.4, 0.5) is 4.39 Å². The van der Waals surface area contributed by atoms with Gasteiger partial charge in [0.1, 0.15) is 11.5 Å². The Hall–Kier alpha value is -3.01. The Labute approximate surface area is 126 Å². The molecule has 2 heterocycles. The first-order chi connectivity index (χ1) is 10.8. The largest absolute Gasteiger partial charge is 0.277 e. The van der Waals surface area contributed by atoms with Crippen molar-refractivity contribution in [1.29, 1.82) is 0 Å². The van der Waals surface area contributed by atoms with Gasteiger partial charge in [-0.15, -0.1) is 0 Å². The van der Waals surface area contributed by atoms with Crippen LogP contribution in [0.1, 0.15) is 0 Å². The topological polar surface area (TPSA) is 41.6 Å². The molecule has 0 saturated carbocycles. The van der Waals surface area contributed by atoms with Gasteiger partial charge in [-0.25, -0.2) is 4.39 Å². The first-order valence-electron chi connectivity index (χ1n) is 6.97. The summed E-state index contributed by atoms with van der Waals surface area (Å²) in [5.41, 5.74) is 4.44. The van der Waals surface area contributed by atoms with Crippen molar-refractivity contribution in [1.82, 2.24) is 15.2 Å². The third kappa shape index (κ3) is 2.05. The van der Waals surface area contributed by atoms with E-state index >= 15 is 0 Å². The van der Waals surface area contributed by atoms with Gasteiger partial charge in [0.15, 0.2) is 0 Å². The van der Waals surface area contributed by atoms with Crippen molar-refractivity contribution in [2.75, 3.05) is 0 Å². The first kappa shape index (κ1) is 12.7. The van der Waals surface area contributed by atoms with Crippen LogP contribution in [-0.4, -0.2) is 15.2 Å². The van der Waals surface area contributed by atoms with E-state index in [0.717, 1.165) is 33.4 Å². The lowest BCUT2D eigenvalue weighted by Crippen LogP contribution is -1.87. The average Bonchev–Trinajstić information content (AvgIpc) is 3.00. The molecule has 0 aliphatic heterocycles. The number of halogens is 1. The van der Waals surface area contributed by atoms with Crippen molar-refractivity contribution < 1.29 is 4.39 Å². The second-order valence-electron chi connectivity index (χ2n) is 5.03. The van der Waals surface area contributed by atoms with E-state index in [9.17, 15) is 4.39 Å². The Balaban J connectivity index is 2.00. The van der Waals surface area contributed by atoms with Crippen molar-refractivity contribution in [2.24, 2.45) is 0 Å². The molecule has 0 radical (unpaired) electrons. The number of nitrogens with one attached hydrogen (secondary N) is 1. The monoisotopic (exact) mass is 289 g/mol. The van der Waals surface area contributed by atoms with Gasteiger partial charge in [-0.2, -0.15) is 5.10 Å². The SMILES string of the molecule is Fc1ccc(-c2nccc3[nH]nc(-c4ccccc4)c23)cc1. The van der Waals surface area contributed by atoms with Gasteiger partial charge >= 0.3 is 0 Å². The minimum atomic E-state index is -0.258. The lowest BCUT2D eigenvalue weighted by atomic mass is 10.0. The van der Waals surface area contributed by atoms with Crippen LogP contribution in [0.25, 0.3) is 33.4 Å². The van der Waals surface area contributed by atoms with Crippen molar-refractivity contribution in [2.45, 2.75) is 0 Å². The number of H-pyrrole nitrogens is 1. The lowest BCUT2D eigenvalue weighted by molar-refractivity contribution is 0.628. The third-order valence-electron chi connectivity index (χ3n) is 3.64. The Morgan fingerprint density at radius 2 is 1.50 bits per heavy atom. The van der Waals surface area contributed by atoms with Crippen LogP contribution in [0.2, 0.25) is 0 Å². The van der Waals surface area contributed by atoms with Gasteiger partial charge in [0.25, 0.3) is 0 Å². The predicted octanol–water partition coefficient (Wildman–Crippen LogP) is 4.43. The fourth-order valence-corrected chi connectivity index (χ4v) is 2.60. The molecule has 0 unspecified atom stereocenters. The van der Waals surface area contributed by atoms with Crippen LogP contribution in [-0.2, 0) is 0 Å². The van der Waals surface area contributed by atoms with E-state index in [-0.39, 0.29) is 5.82 Å². The summed E-state index contributed by atoms with van der Waals surface area (Å²) in [6.45, 7) is 0. The van der Waals surface area contributed by atoms with Crippen molar-refractivity contribution in [3.8, 4) is 22.5 Å². The normalized spacial score (nSPS) is 11.0. The molecule has 2 aromatic carbocycles. The summed E-state index contributed by atoms with van der Waals surface area (Å²) in [6, 6.07) is 18.2. The average molecular weight is 289 g/mol. The highest BCUT2D eigenvalue weighted by atomic mass is 19.1. The second kappa shape index (κ2) is 5.07. The number of rotatable bonds is 2. The molecular formula is C18H12FN3. The predicted molar refractivity (Wildman–Crippen MR) is 84.7 cm³/mol. The highest BCUT2D eigenvalue weighted by Gasteiger charge is 2.14. The third-order valence-corrected chi connectivity index (χ3v) is 3.64. The highest BCUT2D eigenvalue weighted by molar-refractivity contribution is 6.02. The molecular weight excluding hydrogens is 277 g/mol. The minimum absolute atomic E-state index is 0.258. The number of aromatic amines is 1. The lowest BCUT2D eigenvalue weighted by Gasteiger charge is -2.04. The fraction of sp³-hybridized carbons (Fsp3) is 0. The Morgan fingerprint density at radius 3 is 2.27 bits per heavy atom. The van der Waals surface area contributed by atoms with Gasteiger partial charge in [-0.3, -0.25) is 10.1 Å². The molecule has 3 nitrogen and oxygen atoms in total. The number of nitrogens with zero attached hydrogens (tertiary/aromatic N) is 2. The summed E-state index contributed by atoms with van der Waals surface area (Å²) >= 11 is 0. The van der Waals surface area contributed by atoms with Crippen LogP contribution in [0.5, 0.6) is 0 Å². The number of hydrogen-bond acceptors (Lipinski definition) is 2. The van der Waals surface area contributed by atoms with Crippen LogP contribution in [0, 0.1) is 5.82 Å². The molecule has 4 rings (SSSR count). The number of hydrogen-bond donors (Lipinski definition) is 1. The van der Waals surface area contributed by atoms with E-state index < -0.39 is 0 Å². The summed E-state index contributed by atoms with van der Waals surface area (Å²) in [7, 11) is 0. The van der Waals surface area contributed by atoms with E-state index in [1.54, 1.807) is 18.3 Å². The maximum Gasteiger partial charge on any atom is 0.123 e. The first-order valence-corrected chi connectivity index (χ1v) is 6.97. The van der Waals surface area contributed by atoms with E-state index in [1.165, 1.54) is 12.1 Å². The summed E-state index contributed by atoms with van der Waals surface area (Å²) in [4.78, 5) is 4.48. The quantitative estimate of drug-likeness (QED) is 0.593. The second-order valence-corrected chi connectivity index (χ2v) is 5.03. The number of benzene rings is 2. The van der Waals surface area contributed by atoms with Crippen LogP contribution < -0.4 is 0 Å². The van der Waals surface area contributed by atoms with E-state index in [1.807, 2.05) is 36.4 Å². The molecule has 22 heavy (non-hydrogen) atoms. The molecule has 0 fully saturated rings. The molecule has 4 heteroatoms.